The van der Waals surface area contributed by atoms with E-state index in [0.717, 1.165) is 5.56 Å². The largest absolute Gasteiger partial charge is 0.459 e. The SMILES string of the molecule is CC(=NNC(=O)CNC(=O)c1ccco1)c1ccc(C(C)(C)C)cc1. The molecule has 0 aliphatic rings. The van der Waals surface area contributed by atoms with E-state index in [0.29, 0.717) is 5.71 Å². The van der Waals surface area contributed by atoms with Crippen molar-refractivity contribution in [2.24, 2.45) is 5.10 Å². The van der Waals surface area contributed by atoms with Gasteiger partial charge >= 0.3 is 0 Å². The van der Waals surface area contributed by atoms with Crippen molar-refractivity contribution in [3.05, 3.63) is 59.5 Å². The summed E-state index contributed by atoms with van der Waals surface area (Å²) in [5, 5.41) is 6.53. The van der Waals surface area contributed by atoms with Gasteiger partial charge in [-0.05, 0) is 35.6 Å². The topological polar surface area (TPSA) is 83.7 Å². The fourth-order valence-corrected chi connectivity index (χ4v) is 2.12. The monoisotopic (exact) mass is 341 g/mol. The zero-order valence-electron chi connectivity index (χ0n) is 14.9. The van der Waals surface area contributed by atoms with E-state index in [4.69, 9.17) is 4.42 Å². The average molecular weight is 341 g/mol. The molecule has 2 rings (SSSR count). The summed E-state index contributed by atoms with van der Waals surface area (Å²) in [6.07, 6.45) is 1.40. The molecule has 0 aliphatic heterocycles. The highest BCUT2D eigenvalue weighted by atomic mass is 16.3. The standard InChI is InChI=1S/C19H23N3O3/c1-13(14-7-9-15(10-8-14)19(2,3)4)21-22-17(23)12-20-18(24)16-6-5-11-25-16/h5-11H,12H2,1-4H3,(H,20,24)(H,22,23). The molecule has 0 fully saturated rings. The summed E-state index contributed by atoms with van der Waals surface area (Å²) >= 11 is 0. The minimum Gasteiger partial charge on any atom is -0.459 e. The molecule has 6 heteroatoms. The van der Waals surface area contributed by atoms with E-state index in [2.05, 4.69) is 48.7 Å². The molecule has 6 nitrogen and oxygen atoms in total. The maximum atomic E-state index is 11.8. The number of rotatable bonds is 5. The van der Waals surface area contributed by atoms with Gasteiger partial charge in [0.2, 0.25) is 0 Å². The zero-order valence-corrected chi connectivity index (χ0v) is 14.9. The molecule has 0 saturated carbocycles. The quantitative estimate of drug-likeness (QED) is 0.648. The van der Waals surface area contributed by atoms with Crippen LogP contribution in [0.5, 0.6) is 0 Å². The third kappa shape index (κ3) is 5.31. The van der Waals surface area contributed by atoms with E-state index >= 15 is 0 Å². The first-order chi connectivity index (χ1) is 11.8. The highest BCUT2D eigenvalue weighted by Crippen LogP contribution is 2.22. The number of hydrogen-bond donors (Lipinski definition) is 2. The highest BCUT2D eigenvalue weighted by molar-refractivity contribution is 5.99. The number of hydrazone groups is 1. The number of amides is 2. The van der Waals surface area contributed by atoms with Gasteiger partial charge in [-0.25, -0.2) is 5.43 Å². The number of benzene rings is 1. The Balaban J connectivity index is 1.87. The summed E-state index contributed by atoms with van der Waals surface area (Å²) in [5.74, 6) is -0.699. The Kier molecular flexibility index (Phi) is 5.75. The third-order valence-corrected chi connectivity index (χ3v) is 3.67. The van der Waals surface area contributed by atoms with Crippen molar-refractivity contribution in [2.75, 3.05) is 6.54 Å². The van der Waals surface area contributed by atoms with E-state index in [1.54, 1.807) is 6.07 Å². The summed E-state index contributed by atoms with van der Waals surface area (Å²) in [6.45, 7) is 8.09. The molecule has 0 aliphatic carbocycles. The van der Waals surface area contributed by atoms with Crippen molar-refractivity contribution < 1.29 is 14.0 Å². The lowest BCUT2D eigenvalue weighted by Crippen LogP contribution is -2.35. The van der Waals surface area contributed by atoms with Gasteiger partial charge in [-0.3, -0.25) is 9.59 Å². The lowest BCUT2D eigenvalue weighted by atomic mass is 9.86. The van der Waals surface area contributed by atoms with Gasteiger partial charge in [-0.15, -0.1) is 0 Å². The summed E-state index contributed by atoms with van der Waals surface area (Å²) in [4.78, 5) is 23.4. The van der Waals surface area contributed by atoms with Crippen molar-refractivity contribution in [1.82, 2.24) is 10.7 Å². The van der Waals surface area contributed by atoms with Crippen molar-refractivity contribution >= 4 is 17.5 Å². The Labute approximate surface area is 147 Å². The molecule has 0 bridgehead atoms. The van der Waals surface area contributed by atoms with Gasteiger partial charge < -0.3 is 9.73 Å². The fourth-order valence-electron chi connectivity index (χ4n) is 2.12. The van der Waals surface area contributed by atoms with Gasteiger partial charge in [0.05, 0.1) is 18.5 Å². The van der Waals surface area contributed by atoms with Crippen LogP contribution in [0.4, 0.5) is 0 Å². The van der Waals surface area contributed by atoms with Crippen LogP contribution in [0.3, 0.4) is 0 Å². The maximum absolute atomic E-state index is 11.8. The molecule has 1 heterocycles. The Hall–Kier alpha value is -2.89. The summed E-state index contributed by atoms with van der Waals surface area (Å²) < 4.78 is 4.95. The molecule has 0 atom stereocenters. The second-order valence-electron chi connectivity index (χ2n) is 6.72. The molecule has 0 radical (unpaired) electrons. The number of carbonyl (C=O) groups excluding carboxylic acids is 2. The number of nitrogens with zero attached hydrogens (tertiary/aromatic N) is 1. The average Bonchev–Trinajstić information content (AvgIpc) is 3.11. The van der Waals surface area contributed by atoms with Gasteiger partial charge in [-0.1, -0.05) is 45.0 Å². The highest BCUT2D eigenvalue weighted by Gasteiger charge is 2.13. The number of carbonyl (C=O) groups is 2. The Bertz CT molecular complexity index is 754. The molecule has 1 aromatic heterocycles. The third-order valence-electron chi connectivity index (χ3n) is 3.67. The fraction of sp³-hybridized carbons (Fsp3) is 0.316. The Morgan fingerprint density at radius 3 is 2.36 bits per heavy atom. The molecule has 2 aromatic rings. The predicted molar refractivity (Wildman–Crippen MR) is 96.5 cm³/mol. The van der Waals surface area contributed by atoms with E-state index in [1.165, 1.54) is 17.9 Å². The molecule has 0 saturated heterocycles. The van der Waals surface area contributed by atoms with E-state index in [1.807, 2.05) is 19.1 Å². The summed E-state index contributed by atoms with van der Waals surface area (Å²) in [6, 6.07) is 11.2. The van der Waals surface area contributed by atoms with E-state index in [-0.39, 0.29) is 17.7 Å². The van der Waals surface area contributed by atoms with Crippen molar-refractivity contribution in [3.8, 4) is 0 Å². The van der Waals surface area contributed by atoms with E-state index < -0.39 is 11.8 Å². The lowest BCUT2D eigenvalue weighted by molar-refractivity contribution is -0.120. The molecule has 132 valence electrons. The Morgan fingerprint density at radius 2 is 1.80 bits per heavy atom. The zero-order chi connectivity index (χ0) is 18.4. The van der Waals surface area contributed by atoms with Crippen molar-refractivity contribution in [2.45, 2.75) is 33.1 Å². The van der Waals surface area contributed by atoms with E-state index in [9.17, 15) is 9.59 Å². The van der Waals surface area contributed by atoms with Crippen molar-refractivity contribution in [1.29, 1.82) is 0 Å². The molecular weight excluding hydrogens is 318 g/mol. The minimum atomic E-state index is -0.446. The normalized spacial score (nSPS) is 11.9. The lowest BCUT2D eigenvalue weighted by Gasteiger charge is -2.19. The van der Waals surface area contributed by atoms with Gasteiger partial charge in [0.1, 0.15) is 0 Å². The van der Waals surface area contributed by atoms with Crippen LogP contribution in [0, 0.1) is 0 Å². The van der Waals surface area contributed by atoms with Gasteiger partial charge in [0, 0.05) is 0 Å². The van der Waals surface area contributed by atoms with Crippen LogP contribution in [-0.4, -0.2) is 24.1 Å². The number of furan rings is 1. The molecule has 2 amide bonds. The second-order valence-corrected chi connectivity index (χ2v) is 6.72. The van der Waals surface area contributed by atoms with Crippen LogP contribution in [-0.2, 0) is 10.2 Å². The first-order valence-electron chi connectivity index (χ1n) is 8.03. The summed E-state index contributed by atoms with van der Waals surface area (Å²) in [7, 11) is 0. The first-order valence-corrected chi connectivity index (χ1v) is 8.03. The van der Waals surface area contributed by atoms with Gasteiger partial charge in [0.25, 0.3) is 11.8 Å². The van der Waals surface area contributed by atoms with Crippen LogP contribution in [0.25, 0.3) is 0 Å². The maximum Gasteiger partial charge on any atom is 0.287 e. The van der Waals surface area contributed by atoms with Crippen LogP contribution >= 0.6 is 0 Å². The molecule has 1 aromatic carbocycles. The van der Waals surface area contributed by atoms with Gasteiger partial charge in [0.15, 0.2) is 5.76 Å². The molecular formula is C19H23N3O3. The molecule has 0 unspecified atom stereocenters. The van der Waals surface area contributed by atoms with Crippen LogP contribution in [0.2, 0.25) is 0 Å². The van der Waals surface area contributed by atoms with Gasteiger partial charge in [-0.2, -0.15) is 5.10 Å². The van der Waals surface area contributed by atoms with Crippen LogP contribution in [0.1, 0.15) is 49.4 Å². The number of hydrogen-bond acceptors (Lipinski definition) is 4. The van der Waals surface area contributed by atoms with Crippen molar-refractivity contribution in [3.63, 3.8) is 0 Å². The van der Waals surface area contributed by atoms with Crippen LogP contribution < -0.4 is 10.7 Å². The minimum absolute atomic E-state index is 0.0873. The summed E-state index contributed by atoms with van der Waals surface area (Å²) in [5.41, 5.74) is 5.36. The molecule has 25 heavy (non-hydrogen) atoms. The molecule has 2 N–H and O–H groups in total. The smallest absolute Gasteiger partial charge is 0.287 e. The molecule has 0 spiro atoms. The van der Waals surface area contributed by atoms with Crippen LogP contribution in [0.15, 0.2) is 52.2 Å². The predicted octanol–water partition coefficient (Wildman–Crippen LogP) is 2.85. The second kappa shape index (κ2) is 7.79. The number of nitrogens with one attached hydrogen (secondary N) is 2. The first kappa shape index (κ1) is 18.4. The Morgan fingerprint density at radius 1 is 1.12 bits per heavy atom.